The minimum absolute atomic E-state index is 0.174. The lowest BCUT2D eigenvalue weighted by molar-refractivity contribution is -0.151. The number of methoxy groups -OCH3 is 1. The van der Waals surface area contributed by atoms with Gasteiger partial charge < -0.3 is 14.8 Å². The van der Waals surface area contributed by atoms with Gasteiger partial charge in [0.2, 0.25) is 0 Å². The first kappa shape index (κ1) is 14.8. The van der Waals surface area contributed by atoms with Crippen molar-refractivity contribution >= 4 is 5.97 Å². The standard InChI is InChI=1S/C15H20FNO3/c1-10-8-12(16)6-7-13(10)20-9-15(17-2,11-4-5-11)14(18)19-3/h6-8,11,17H,4-5,9H2,1-3H3. The molecule has 0 spiro atoms. The fourth-order valence-corrected chi connectivity index (χ4v) is 2.45. The lowest BCUT2D eigenvalue weighted by atomic mass is 9.94. The fraction of sp³-hybridized carbons (Fsp3) is 0.533. The zero-order valence-corrected chi connectivity index (χ0v) is 12.0. The number of hydrogen-bond donors (Lipinski definition) is 1. The topological polar surface area (TPSA) is 47.6 Å². The maximum Gasteiger partial charge on any atom is 0.329 e. The molecule has 2 rings (SSSR count). The smallest absolute Gasteiger partial charge is 0.329 e. The van der Waals surface area contributed by atoms with Crippen LogP contribution in [-0.4, -0.2) is 32.3 Å². The van der Waals surface area contributed by atoms with E-state index in [1.54, 1.807) is 20.0 Å². The van der Waals surface area contributed by atoms with Crippen LogP contribution in [0.5, 0.6) is 5.75 Å². The predicted molar refractivity (Wildman–Crippen MR) is 73.2 cm³/mol. The average Bonchev–Trinajstić information content (AvgIpc) is 3.26. The van der Waals surface area contributed by atoms with E-state index in [2.05, 4.69) is 5.32 Å². The van der Waals surface area contributed by atoms with E-state index < -0.39 is 5.54 Å². The molecule has 1 aromatic carbocycles. The Morgan fingerprint density at radius 3 is 2.70 bits per heavy atom. The molecule has 0 radical (unpaired) electrons. The maximum atomic E-state index is 13.1. The summed E-state index contributed by atoms with van der Waals surface area (Å²) in [5.74, 6) is 0.184. The molecule has 1 N–H and O–H groups in total. The largest absolute Gasteiger partial charge is 0.491 e. The van der Waals surface area contributed by atoms with Crippen LogP contribution < -0.4 is 10.1 Å². The molecular weight excluding hydrogens is 261 g/mol. The SMILES string of the molecule is CNC(COc1ccc(F)cc1C)(C(=O)OC)C1CC1. The van der Waals surface area contributed by atoms with Crippen molar-refractivity contribution in [2.75, 3.05) is 20.8 Å². The molecule has 1 aromatic rings. The Balaban J connectivity index is 2.14. The van der Waals surface area contributed by atoms with Gasteiger partial charge in [0.15, 0.2) is 5.54 Å². The second kappa shape index (κ2) is 5.79. The second-order valence-electron chi connectivity index (χ2n) is 5.19. The predicted octanol–water partition coefficient (Wildman–Crippen LogP) is 2.05. The summed E-state index contributed by atoms with van der Waals surface area (Å²) in [5.41, 5.74) is -0.120. The number of halogens is 1. The van der Waals surface area contributed by atoms with Gasteiger partial charge in [0.1, 0.15) is 18.2 Å². The minimum atomic E-state index is -0.824. The van der Waals surface area contributed by atoms with Crippen LogP contribution in [0.3, 0.4) is 0 Å². The summed E-state index contributed by atoms with van der Waals surface area (Å²) >= 11 is 0. The number of ether oxygens (including phenoxy) is 2. The summed E-state index contributed by atoms with van der Waals surface area (Å²) in [6.07, 6.45) is 1.95. The first-order chi connectivity index (χ1) is 9.53. The summed E-state index contributed by atoms with van der Waals surface area (Å²) in [4.78, 5) is 12.1. The van der Waals surface area contributed by atoms with Crippen LogP contribution in [0, 0.1) is 18.7 Å². The van der Waals surface area contributed by atoms with Gasteiger partial charge in [-0.15, -0.1) is 0 Å². The molecule has 0 bridgehead atoms. The molecule has 1 aliphatic carbocycles. The number of esters is 1. The van der Waals surface area contributed by atoms with Crippen molar-refractivity contribution in [3.05, 3.63) is 29.6 Å². The number of likely N-dealkylation sites (N-methyl/N-ethyl adjacent to an activating group) is 1. The fourth-order valence-electron chi connectivity index (χ4n) is 2.45. The van der Waals surface area contributed by atoms with Gasteiger partial charge in [0, 0.05) is 0 Å². The molecule has 1 aliphatic rings. The Hall–Kier alpha value is -1.62. The Morgan fingerprint density at radius 1 is 1.50 bits per heavy atom. The Morgan fingerprint density at radius 2 is 2.20 bits per heavy atom. The van der Waals surface area contributed by atoms with Gasteiger partial charge in [-0.3, -0.25) is 0 Å². The molecule has 1 atom stereocenters. The molecular formula is C15H20FNO3. The van der Waals surface area contributed by atoms with Crippen molar-refractivity contribution in [1.82, 2.24) is 5.32 Å². The van der Waals surface area contributed by atoms with E-state index in [9.17, 15) is 9.18 Å². The Kier molecular flexibility index (Phi) is 4.28. The number of carbonyl (C=O) groups excluding carboxylic acids is 1. The molecule has 4 nitrogen and oxygen atoms in total. The van der Waals surface area contributed by atoms with Gasteiger partial charge in [-0.1, -0.05) is 0 Å². The van der Waals surface area contributed by atoms with Crippen molar-refractivity contribution in [1.29, 1.82) is 0 Å². The minimum Gasteiger partial charge on any atom is -0.491 e. The molecule has 1 unspecified atom stereocenters. The van der Waals surface area contributed by atoms with Crippen LogP contribution in [0.2, 0.25) is 0 Å². The van der Waals surface area contributed by atoms with Crippen molar-refractivity contribution in [2.45, 2.75) is 25.3 Å². The number of carbonyl (C=O) groups is 1. The van der Waals surface area contributed by atoms with E-state index in [0.717, 1.165) is 12.8 Å². The van der Waals surface area contributed by atoms with Crippen LogP contribution in [0.25, 0.3) is 0 Å². The van der Waals surface area contributed by atoms with Crippen LogP contribution in [0.4, 0.5) is 4.39 Å². The first-order valence-corrected chi connectivity index (χ1v) is 6.70. The van der Waals surface area contributed by atoms with Crippen molar-refractivity contribution in [3.63, 3.8) is 0 Å². The highest BCUT2D eigenvalue weighted by Crippen LogP contribution is 2.40. The third kappa shape index (κ3) is 2.77. The molecule has 0 saturated heterocycles. The average molecular weight is 281 g/mol. The van der Waals surface area contributed by atoms with Crippen molar-refractivity contribution in [3.8, 4) is 5.75 Å². The van der Waals surface area contributed by atoms with Gasteiger partial charge >= 0.3 is 5.97 Å². The molecule has 1 saturated carbocycles. The van der Waals surface area contributed by atoms with E-state index in [1.807, 2.05) is 0 Å². The quantitative estimate of drug-likeness (QED) is 0.811. The summed E-state index contributed by atoms with van der Waals surface area (Å²) in [6, 6.07) is 4.33. The zero-order chi connectivity index (χ0) is 14.8. The normalized spacial score (nSPS) is 17.4. The van der Waals surface area contributed by atoms with E-state index in [4.69, 9.17) is 9.47 Å². The second-order valence-corrected chi connectivity index (χ2v) is 5.19. The van der Waals surface area contributed by atoms with E-state index in [0.29, 0.717) is 11.3 Å². The Bertz CT molecular complexity index is 502. The number of benzene rings is 1. The number of nitrogens with one attached hydrogen (secondary N) is 1. The third-order valence-corrected chi connectivity index (χ3v) is 3.86. The van der Waals surface area contributed by atoms with Crippen molar-refractivity contribution in [2.24, 2.45) is 5.92 Å². The highest BCUT2D eigenvalue weighted by atomic mass is 19.1. The molecule has 0 amide bonds. The first-order valence-electron chi connectivity index (χ1n) is 6.70. The molecule has 5 heteroatoms. The number of hydrogen-bond acceptors (Lipinski definition) is 4. The summed E-state index contributed by atoms with van der Waals surface area (Å²) in [5, 5.41) is 3.06. The van der Waals surface area contributed by atoms with Gasteiger partial charge in [-0.2, -0.15) is 0 Å². The van der Waals surface area contributed by atoms with Crippen LogP contribution in [0.1, 0.15) is 18.4 Å². The zero-order valence-electron chi connectivity index (χ0n) is 12.0. The third-order valence-electron chi connectivity index (χ3n) is 3.86. The molecule has 110 valence electrons. The van der Waals surface area contributed by atoms with E-state index in [-0.39, 0.29) is 24.3 Å². The van der Waals surface area contributed by atoms with Gasteiger partial charge in [-0.05, 0) is 56.5 Å². The molecule has 0 aromatic heterocycles. The highest BCUT2D eigenvalue weighted by molar-refractivity contribution is 5.82. The lowest BCUT2D eigenvalue weighted by Gasteiger charge is -2.30. The Labute approximate surface area is 118 Å². The molecule has 0 aliphatic heterocycles. The van der Waals surface area contributed by atoms with Crippen LogP contribution in [-0.2, 0) is 9.53 Å². The molecule has 0 heterocycles. The molecule has 20 heavy (non-hydrogen) atoms. The van der Waals surface area contributed by atoms with Gasteiger partial charge in [0.25, 0.3) is 0 Å². The van der Waals surface area contributed by atoms with E-state index >= 15 is 0 Å². The summed E-state index contributed by atoms with van der Waals surface area (Å²) in [7, 11) is 3.11. The van der Waals surface area contributed by atoms with Crippen LogP contribution >= 0.6 is 0 Å². The number of aryl methyl sites for hydroxylation is 1. The van der Waals surface area contributed by atoms with Crippen LogP contribution in [0.15, 0.2) is 18.2 Å². The summed E-state index contributed by atoms with van der Waals surface area (Å²) in [6.45, 7) is 1.95. The van der Waals surface area contributed by atoms with Gasteiger partial charge in [-0.25, -0.2) is 9.18 Å². The number of rotatable bonds is 6. The summed E-state index contributed by atoms with van der Waals surface area (Å²) < 4.78 is 23.7. The van der Waals surface area contributed by atoms with Crippen molar-refractivity contribution < 1.29 is 18.7 Å². The lowest BCUT2D eigenvalue weighted by Crippen LogP contribution is -2.57. The van der Waals surface area contributed by atoms with Gasteiger partial charge in [0.05, 0.1) is 7.11 Å². The molecule has 1 fully saturated rings. The monoisotopic (exact) mass is 281 g/mol. The van der Waals surface area contributed by atoms with E-state index in [1.165, 1.54) is 19.2 Å². The maximum absolute atomic E-state index is 13.1. The highest BCUT2D eigenvalue weighted by Gasteiger charge is 2.51.